The zero-order valence-corrected chi connectivity index (χ0v) is 26.0. The van der Waals surface area contributed by atoms with Crippen molar-refractivity contribution in [1.82, 2.24) is 0 Å². The second-order valence-corrected chi connectivity index (χ2v) is 9.02. The zero-order valence-electron chi connectivity index (χ0n) is 26.0. The SMILES string of the molecule is CCCC(=O)OCCOCCOCCOCCOCCOCCOCCOCCOCCOCCOCc1ccccc1. The van der Waals surface area contributed by atoms with E-state index in [0.717, 1.165) is 12.0 Å². The molecular formula is C31H54O12. The van der Waals surface area contributed by atoms with Crippen LogP contribution in [0.4, 0.5) is 0 Å². The highest BCUT2D eigenvalue weighted by Gasteiger charge is 2.00. The van der Waals surface area contributed by atoms with Gasteiger partial charge in [-0.05, 0) is 12.0 Å². The number of hydrogen-bond donors (Lipinski definition) is 0. The molecule has 0 bridgehead atoms. The van der Waals surface area contributed by atoms with Crippen LogP contribution in [0.5, 0.6) is 0 Å². The van der Waals surface area contributed by atoms with E-state index >= 15 is 0 Å². The van der Waals surface area contributed by atoms with Crippen molar-refractivity contribution in [2.75, 3.05) is 132 Å². The summed E-state index contributed by atoms with van der Waals surface area (Å²) in [6, 6.07) is 10.1. The quantitative estimate of drug-likeness (QED) is 0.0835. The van der Waals surface area contributed by atoms with Crippen LogP contribution in [0.15, 0.2) is 30.3 Å². The average molecular weight is 619 g/mol. The Labute approximate surface area is 257 Å². The molecule has 0 N–H and O–H groups in total. The first-order chi connectivity index (χ1) is 21.3. The van der Waals surface area contributed by atoms with E-state index in [1.54, 1.807) is 0 Å². The molecule has 0 fully saturated rings. The van der Waals surface area contributed by atoms with E-state index in [4.69, 9.17) is 52.1 Å². The number of carbonyl (C=O) groups is 1. The fourth-order valence-electron chi connectivity index (χ4n) is 3.23. The lowest BCUT2D eigenvalue weighted by molar-refractivity contribution is -0.145. The fraction of sp³-hybridized carbons (Fsp3) is 0.774. The molecule has 0 amide bonds. The van der Waals surface area contributed by atoms with Gasteiger partial charge in [-0.2, -0.15) is 0 Å². The number of carbonyl (C=O) groups excluding carboxylic acids is 1. The Kier molecular flexibility index (Phi) is 30.3. The summed E-state index contributed by atoms with van der Waals surface area (Å²) in [6.45, 7) is 12.3. The molecule has 0 saturated heterocycles. The molecule has 0 atom stereocenters. The van der Waals surface area contributed by atoms with E-state index < -0.39 is 0 Å². The van der Waals surface area contributed by atoms with Gasteiger partial charge in [0.25, 0.3) is 0 Å². The van der Waals surface area contributed by atoms with Crippen LogP contribution in [0.25, 0.3) is 0 Å². The minimum absolute atomic E-state index is 0.187. The number of benzene rings is 1. The molecule has 12 nitrogen and oxygen atoms in total. The zero-order chi connectivity index (χ0) is 30.7. The third-order valence-corrected chi connectivity index (χ3v) is 5.40. The molecule has 0 unspecified atom stereocenters. The molecule has 0 aromatic heterocycles. The Morgan fingerprint density at radius 2 is 0.744 bits per heavy atom. The van der Waals surface area contributed by atoms with Crippen LogP contribution in [0.3, 0.4) is 0 Å². The van der Waals surface area contributed by atoms with Crippen LogP contribution in [0, 0.1) is 0 Å². The molecule has 0 aliphatic rings. The average Bonchev–Trinajstić information content (AvgIpc) is 3.02. The first kappa shape index (κ1) is 39.3. The molecule has 0 aliphatic heterocycles. The highest BCUT2D eigenvalue weighted by atomic mass is 16.6. The maximum absolute atomic E-state index is 11.2. The van der Waals surface area contributed by atoms with Crippen molar-refractivity contribution in [3.8, 4) is 0 Å². The van der Waals surface area contributed by atoms with Gasteiger partial charge in [-0.25, -0.2) is 0 Å². The maximum atomic E-state index is 11.2. The lowest BCUT2D eigenvalue weighted by Gasteiger charge is -2.09. The summed E-state index contributed by atoms with van der Waals surface area (Å²) in [4.78, 5) is 11.2. The van der Waals surface area contributed by atoms with Gasteiger partial charge in [-0.1, -0.05) is 37.3 Å². The Morgan fingerprint density at radius 3 is 1.07 bits per heavy atom. The first-order valence-corrected chi connectivity index (χ1v) is 15.3. The molecule has 0 aliphatic carbocycles. The van der Waals surface area contributed by atoms with Gasteiger partial charge in [-0.15, -0.1) is 0 Å². The molecule has 1 aromatic carbocycles. The van der Waals surface area contributed by atoms with Gasteiger partial charge in [-0.3, -0.25) is 4.79 Å². The lowest BCUT2D eigenvalue weighted by atomic mass is 10.2. The van der Waals surface area contributed by atoms with Gasteiger partial charge in [0.1, 0.15) is 6.61 Å². The van der Waals surface area contributed by atoms with Gasteiger partial charge < -0.3 is 52.1 Å². The van der Waals surface area contributed by atoms with Crippen LogP contribution in [0.1, 0.15) is 25.3 Å². The van der Waals surface area contributed by atoms with Crippen molar-refractivity contribution in [3.63, 3.8) is 0 Å². The van der Waals surface area contributed by atoms with Crippen molar-refractivity contribution in [2.45, 2.75) is 26.4 Å². The van der Waals surface area contributed by atoms with Gasteiger partial charge >= 0.3 is 5.97 Å². The van der Waals surface area contributed by atoms with Gasteiger partial charge in [0.15, 0.2) is 0 Å². The third-order valence-electron chi connectivity index (χ3n) is 5.40. The second kappa shape index (κ2) is 33.2. The summed E-state index contributed by atoms with van der Waals surface area (Å²) >= 11 is 0. The summed E-state index contributed by atoms with van der Waals surface area (Å²) in [5.41, 5.74) is 1.16. The largest absolute Gasteiger partial charge is 0.463 e. The highest BCUT2D eigenvalue weighted by molar-refractivity contribution is 5.69. The summed E-state index contributed by atoms with van der Waals surface area (Å²) in [7, 11) is 0. The molecule has 12 heteroatoms. The van der Waals surface area contributed by atoms with Crippen molar-refractivity contribution < 1.29 is 56.9 Å². The van der Waals surface area contributed by atoms with Crippen LogP contribution in [-0.2, 0) is 63.5 Å². The van der Waals surface area contributed by atoms with Gasteiger partial charge in [0.2, 0.25) is 0 Å². The van der Waals surface area contributed by atoms with Crippen molar-refractivity contribution in [3.05, 3.63) is 35.9 Å². The Bertz CT molecular complexity index is 695. The van der Waals surface area contributed by atoms with E-state index in [9.17, 15) is 4.79 Å². The van der Waals surface area contributed by atoms with Gasteiger partial charge in [0, 0.05) is 6.42 Å². The van der Waals surface area contributed by atoms with Crippen molar-refractivity contribution in [1.29, 1.82) is 0 Å². The number of ether oxygens (including phenoxy) is 11. The normalized spacial score (nSPS) is 11.3. The number of rotatable bonds is 34. The Hall–Kier alpha value is -1.71. The maximum Gasteiger partial charge on any atom is 0.305 e. The second-order valence-electron chi connectivity index (χ2n) is 9.02. The molecule has 250 valence electrons. The highest BCUT2D eigenvalue weighted by Crippen LogP contribution is 2.00. The topological polar surface area (TPSA) is 119 Å². The first-order valence-electron chi connectivity index (χ1n) is 15.3. The monoisotopic (exact) mass is 618 g/mol. The third kappa shape index (κ3) is 30.1. The molecule has 0 heterocycles. The predicted octanol–water partition coefficient (Wildman–Crippen LogP) is 2.70. The van der Waals surface area contributed by atoms with Crippen molar-refractivity contribution >= 4 is 5.97 Å². The molecule has 1 aromatic rings. The molecule has 0 spiro atoms. The fourth-order valence-corrected chi connectivity index (χ4v) is 3.23. The molecule has 1 rings (SSSR count). The van der Waals surface area contributed by atoms with Crippen LogP contribution < -0.4 is 0 Å². The van der Waals surface area contributed by atoms with Crippen molar-refractivity contribution in [2.24, 2.45) is 0 Å². The Morgan fingerprint density at radius 1 is 0.442 bits per heavy atom. The van der Waals surface area contributed by atoms with Crippen LogP contribution in [0.2, 0.25) is 0 Å². The molecule has 0 radical (unpaired) electrons. The lowest BCUT2D eigenvalue weighted by Crippen LogP contribution is -2.15. The summed E-state index contributed by atoms with van der Waals surface area (Å²) < 4.78 is 59.6. The number of hydrogen-bond acceptors (Lipinski definition) is 12. The summed E-state index contributed by atoms with van der Waals surface area (Å²) in [6.07, 6.45) is 1.23. The van der Waals surface area contributed by atoms with E-state index in [0.29, 0.717) is 139 Å². The van der Waals surface area contributed by atoms with Gasteiger partial charge in [0.05, 0.1) is 132 Å². The summed E-state index contributed by atoms with van der Waals surface area (Å²) in [5, 5.41) is 0. The molecular weight excluding hydrogens is 564 g/mol. The van der Waals surface area contributed by atoms with Crippen LogP contribution in [-0.4, -0.2) is 138 Å². The predicted molar refractivity (Wildman–Crippen MR) is 159 cm³/mol. The number of esters is 1. The molecule has 0 saturated carbocycles. The van der Waals surface area contributed by atoms with E-state index in [-0.39, 0.29) is 12.6 Å². The Balaban J connectivity index is 1.62. The minimum Gasteiger partial charge on any atom is -0.463 e. The smallest absolute Gasteiger partial charge is 0.305 e. The minimum atomic E-state index is -0.187. The van der Waals surface area contributed by atoms with Crippen LogP contribution >= 0.6 is 0 Å². The van der Waals surface area contributed by atoms with E-state index in [2.05, 4.69) is 0 Å². The van der Waals surface area contributed by atoms with E-state index in [1.807, 2.05) is 37.3 Å². The summed E-state index contributed by atoms with van der Waals surface area (Å²) in [5.74, 6) is -0.187. The van der Waals surface area contributed by atoms with E-state index in [1.165, 1.54) is 0 Å². The molecule has 43 heavy (non-hydrogen) atoms. The standard InChI is InChI=1S/C31H54O12/c1-2-6-31(32)43-28-27-41-24-23-39-20-19-37-16-15-35-12-11-33-9-10-34-13-14-36-17-18-38-21-22-40-25-26-42-29-30-7-4-3-5-8-30/h3-5,7-8H,2,6,9-29H2,1H3.